The van der Waals surface area contributed by atoms with Crippen molar-refractivity contribution >= 4 is 0 Å². The van der Waals surface area contributed by atoms with E-state index >= 15 is 0 Å². The minimum Gasteiger partial charge on any atom is -0.106 e. The maximum Gasteiger partial charge on any atom is -0.0104 e. The molecule has 0 N–H and O–H groups in total. The lowest BCUT2D eigenvalue weighted by Crippen LogP contribution is -2.20. The van der Waals surface area contributed by atoms with Crippen molar-refractivity contribution in [3.05, 3.63) is 36.5 Å². The summed E-state index contributed by atoms with van der Waals surface area (Å²) >= 11 is 0. The van der Waals surface area contributed by atoms with Gasteiger partial charge in [-0.05, 0) is 49.7 Å². The van der Waals surface area contributed by atoms with E-state index in [1.807, 2.05) is 27.7 Å². The van der Waals surface area contributed by atoms with Crippen molar-refractivity contribution < 1.29 is 0 Å². The third kappa shape index (κ3) is 7.53. The molecule has 0 saturated heterocycles. The number of rotatable bonds is 0. The lowest BCUT2D eigenvalue weighted by molar-refractivity contribution is 0.370. The molecule has 0 atom stereocenters. The highest BCUT2D eigenvalue weighted by atomic mass is 14.3. The molecular weight excluding hydrogens is 216 g/mol. The Morgan fingerprint density at radius 1 is 0.944 bits per heavy atom. The van der Waals surface area contributed by atoms with E-state index in [0.717, 1.165) is 0 Å². The van der Waals surface area contributed by atoms with Crippen molar-refractivity contribution in [3.8, 4) is 0 Å². The zero-order chi connectivity index (χ0) is 15.2. The molecule has 108 valence electrons. The van der Waals surface area contributed by atoms with Gasteiger partial charge in [-0.25, -0.2) is 0 Å². The topological polar surface area (TPSA) is 0 Å². The highest BCUT2D eigenvalue weighted by molar-refractivity contribution is 5.36. The Hall–Kier alpha value is -0.780. The molecule has 0 aliphatic heterocycles. The first-order chi connectivity index (χ1) is 8.61. The van der Waals surface area contributed by atoms with Gasteiger partial charge in [-0.2, -0.15) is 0 Å². The van der Waals surface area contributed by atoms with Crippen LogP contribution in [0.25, 0.3) is 0 Å². The van der Waals surface area contributed by atoms with Gasteiger partial charge < -0.3 is 0 Å². The first-order valence-corrected chi connectivity index (χ1v) is 7.44. The van der Waals surface area contributed by atoms with Crippen molar-refractivity contribution in [2.24, 2.45) is 5.41 Å². The fourth-order valence-electron chi connectivity index (χ4n) is 2.30. The van der Waals surface area contributed by atoms with E-state index in [0.29, 0.717) is 5.41 Å². The van der Waals surface area contributed by atoms with Crippen LogP contribution in [-0.2, 0) is 0 Å². The molecule has 0 aromatic carbocycles. The minimum atomic E-state index is 0.412. The van der Waals surface area contributed by atoms with Gasteiger partial charge in [0.05, 0.1) is 0 Å². The van der Waals surface area contributed by atoms with Gasteiger partial charge in [-0.1, -0.05) is 53.7 Å². The average molecular weight is 252 g/mol. The predicted octanol–water partition coefficient (Wildman–Crippen LogP) is 6.94. The molecule has 1 aliphatic carbocycles. The van der Waals surface area contributed by atoms with Crippen LogP contribution in [0.5, 0.6) is 0 Å². The fourth-order valence-corrected chi connectivity index (χ4v) is 2.30. The summed E-state index contributed by atoms with van der Waals surface area (Å²) < 4.78 is 0. The summed E-state index contributed by atoms with van der Waals surface area (Å²) in [6.07, 6.45) is 8.53. The molecule has 1 saturated carbocycles. The van der Waals surface area contributed by atoms with Crippen LogP contribution in [0.2, 0.25) is 0 Å². The SMILES string of the molecule is C/C=C1/CCCC(C)(C)/C1=C/C.C=C.CC.CC. The van der Waals surface area contributed by atoms with Gasteiger partial charge in [0.25, 0.3) is 0 Å². The number of hydrogen-bond donors (Lipinski definition) is 0. The van der Waals surface area contributed by atoms with Crippen molar-refractivity contribution in [2.75, 3.05) is 0 Å². The summed E-state index contributed by atoms with van der Waals surface area (Å²) in [4.78, 5) is 0. The second kappa shape index (κ2) is 14.3. The van der Waals surface area contributed by atoms with Gasteiger partial charge in [0.2, 0.25) is 0 Å². The van der Waals surface area contributed by atoms with Crippen LogP contribution in [0.3, 0.4) is 0 Å². The van der Waals surface area contributed by atoms with E-state index in [2.05, 4.69) is 53.0 Å². The van der Waals surface area contributed by atoms with E-state index in [1.54, 1.807) is 11.1 Å². The highest BCUT2D eigenvalue weighted by Crippen LogP contribution is 2.42. The molecule has 0 unspecified atom stereocenters. The normalized spacial score (nSPS) is 20.7. The van der Waals surface area contributed by atoms with Crippen LogP contribution in [0.15, 0.2) is 36.5 Å². The lowest BCUT2D eigenvalue weighted by atomic mass is 9.70. The number of allylic oxidation sites excluding steroid dienone is 4. The van der Waals surface area contributed by atoms with Crippen molar-refractivity contribution in [1.82, 2.24) is 0 Å². The van der Waals surface area contributed by atoms with Crippen molar-refractivity contribution in [2.45, 2.75) is 74.7 Å². The molecule has 0 radical (unpaired) electrons. The zero-order valence-electron chi connectivity index (χ0n) is 14.2. The van der Waals surface area contributed by atoms with Crippen LogP contribution in [0, 0.1) is 5.41 Å². The molecule has 1 aliphatic rings. The monoisotopic (exact) mass is 252 g/mol. The molecule has 0 amide bonds. The zero-order valence-corrected chi connectivity index (χ0v) is 14.2. The first-order valence-electron chi connectivity index (χ1n) is 7.44. The van der Waals surface area contributed by atoms with E-state index in [9.17, 15) is 0 Å². The first kappa shape index (κ1) is 22.4. The van der Waals surface area contributed by atoms with Gasteiger partial charge in [-0.15, -0.1) is 13.2 Å². The second-order valence-electron chi connectivity index (χ2n) is 4.25. The molecule has 0 heterocycles. The fraction of sp³-hybridized carbons (Fsp3) is 0.667. The second-order valence-corrected chi connectivity index (χ2v) is 4.25. The summed E-state index contributed by atoms with van der Waals surface area (Å²) in [6, 6.07) is 0. The van der Waals surface area contributed by atoms with Gasteiger partial charge in [0, 0.05) is 0 Å². The largest absolute Gasteiger partial charge is 0.106 e. The molecule has 1 fully saturated rings. The molecule has 0 aromatic rings. The Kier molecular flexibility index (Phi) is 17.8. The summed E-state index contributed by atoms with van der Waals surface area (Å²) in [5.41, 5.74) is 3.54. The van der Waals surface area contributed by atoms with Crippen molar-refractivity contribution in [1.29, 1.82) is 0 Å². The Morgan fingerprint density at radius 3 is 1.67 bits per heavy atom. The average Bonchev–Trinajstić information content (AvgIpc) is 2.44. The highest BCUT2D eigenvalue weighted by Gasteiger charge is 2.28. The molecule has 0 spiro atoms. The summed E-state index contributed by atoms with van der Waals surface area (Å²) in [5, 5.41) is 0. The Morgan fingerprint density at radius 2 is 1.39 bits per heavy atom. The van der Waals surface area contributed by atoms with Crippen LogP contribution in [-0.4, -0.2) is 0 Å². The summed E-state index contributed by atoms with van der Waals surface area (Å²) in [6.45, 7) is 23.0. The van der Waals surface area contributed by atoms with E-state index in [4.69, 9.17) is 0 Å². The third-order valence-electron chi connectivity index (χ3n) is 2.96. The molecule has 1 rings (SSSR count). The molecular formula is C18H36. The van der Waals surface area contributed by atoms with Gasteiger partial charge in [0.15, 0.2) is 0 Å². The van der Waals surface area contributed by atoms with Crippen LogP contribution < -0.4 is 0 Å². The Labute approximate surface area is 117 Å². The maximum absolute atomic E-state index is 3.00. The molecule has 18 heavy (non-hydrogen) atoms. The third-order valence-corrected chi connectivity index (χ3v) is 2.96. The molecule has 0 heteroatoms. The Balaban J connectivity index is -0.000000328. The van der Waals surface area contributed by atoms with E-state index < -0.39 is 0 Å². The van der Waals surface area contributed by atoms with E-state index in [-0.39, 0.29) is 0 Å². The quantitative estimate of drug-likeness (QED) is 0.409. The van der Waals surface area contributed by atoms with Gasteiger partial charge in [-0.3, -0.25) is 0 Å². The van der Waals surface area contributed by atoms with E-state index in [1.165, 1.54) is 19.3 Å². The minimum absolute atomic E-state index is 0.412. The van der Waals surface area contributed by atoms with Crippen LogP contribution in [0.1, 0.15) is 74.7 Å². The summed E-state index contributed by atoms with van der Waals surface area (Å²) in [7, 11) is 0. The van der Waals surface area contributed by atoms with Gasteiger partial charge in [0.1, 0.15) is 0 Å². The number of hydrogen-bond acceptors (Lipinski definition) is 0. The lowest BCUT2D eigenvalue weighted by Gasteiger charge is -2.34. The smallest absolute Gasteiger partial charge is 0.0104 e. The predicted molar refractivity (Wildman–Crippen MR) is 89.1 cm³/mol. The maximum atomic E-state index is 3.00. The van der Waals surface area contributed by atoms with Crippen molar-refractivity contribution in [3.63, 3.8) is 0 Å². The standard InChI is InChI=1S/C12H20.2C2H6.C2H4/c1-5-10-8-7-9-12(3,4)11(10)6-2;3*1-2/h5-6H,7-9H2,1-4H3;2*1-2H3;1-2H2/b10-5-,11-6+;;;. The molecule has 0 aromatic heterocycles. The van der Waals surface area contributed by atoms with Crippen LogP contribution in [0.4, 0.5) is 0 Å². The molecule has 0 bridgehead atoms. The summed E-state index contributed by atoms with van der Waals surface area (Å²) in [5.74, 6) is 0. The Bertz CT molecular complexity index is 228. The van der Waals surface area contributed by atoms with Gasteiger partial charge >= 0.3 is 0 Å². The molecule has 0 nitrogen and oxygen atoms in total. The van der Waals surface area contributed by atoms with Crippen LogP contribution >= 0.6 is 0 Å².